The first-order valence-corrected chi connectivity index (χ1v) is 4.90. The molecule has 0 aliphatic rings. The van der Waals surface area contributed by atoms with Crippen LogP contribution in [0.25, 0.3) is 0 Å². The molecule has 0 heterocycles. The molecule has 0 fully saturated rings. The number of carbonyl (C=O) groups excluding carboxylic acids is 2. The number of hydrogen-bond donors (Lipinski definition) is 0. The second kappa shape index (κ2) is 6.33. The molecule has 17 heavy (non-hydrogen) atoms. The van der Waals surface area contributed by atoms with Crippen molar-refractivity contribution < 1.29 is 19.1 Å². The van der Waals surface area contributed by atoms with Crippen molar-refractivity contribution in [1.82, 2.24) is 0 Å². The molecule has 0 radical (unpaired) electrons. The van der Waals surface area contributed by atoms with Crippen molar-refractivity contribution in [3.8, 4) is 23.3 Å². The van der Waals surface area contributed by atoms with E-state index in [0.29, 0.717) is 35.2 Å². The van der Waals surface area contributed by atoms with Gasteiger partial charge in [0.15, 0.2) is 11.5 Å². The zero-order chi connectivity index (χ0) is 12.7. The maximum Gasteiger partial charge on any atom is 0.176 e. The summed E-state index contributed by atoms with van der Waals surface area (Å²) < 4.78 is 10.3. The Morgan fingerprint density at radius 3 is 2.53 bits per heavy atom. The molecule has 0 saturated heterocycles. The summed E-state index contributed by atoms with van der Waals surface area (Å²) in [6.07, 6.45) is 1.55. The van der Waals surface area contributed by atoms with E-state index < -0.39 is 0 Å². The summed E-state index contributed by atoms with van der Waals surface area (Å²) in [4.78, 5) is 20.9. The van der Waals surface area contributed by atoms with Crippen LogP contribution in [0.2, 0.25) is 0 Å². The molecule has 0 aromatic heterocycles. The van der Waals surface area contributed by atoms with E-state index in [9.17, 15) is 9.59 Å². The Kier molecular flexibility index (Phi) is 4.77. The average molecular weight is 232 g/mol. The van der Waals surface area contributed by atoms with Crippen LogP contribution in [0.15, 0.2) is 12.1 Å². The molecular formula is C13H12O4. The van der Waals surface area contributed by atoms with E-state index in [1.165, 1.54) is 14.2 Å². The molecule has 0 bridgehead atoms. The summed E-state index contributed by atoms with van der Waals surface area (Å²) in [5, 5.41) is 0. The molecule has 4 nitrogen and oxygen atoms in total. The van der Waals surface area contributed by atoms with Crippen LogP contribution in [0.3, 0.4) is 0 Å². The summed E-state index contributed by atoms with van der Waals surface area (Å²) in [5.41, 5.74) is 0.967. The smallest absolute Gasteiger partial charge is 0.176 e. The van der Waals surface area contributed by atoms with Gasteiger partial charge in [0.05, 0.1) is 26.2 Å². The van der Waals surface area contributed by atoms with Crippen molar-refractivity contribution in [3.05, 3.63) is 23.3 Å². The van der Waals surface area contributed by atoms with Crippen molar-refractivity contribution in [1.29, 1.82) is 0 Å². The third kappa shape index (κ3) is 3.08. The molecule has 0 N–H and O–H groups in total. The first-order valence-electron chi connectivity index (χ1n) is 4.90. The SMILES string of the molecule is COc1cc(C=O)cc(C#CCC=O)c1OC. The van der Waals surface area contributed by atoms with Gasteiger partial charge in [-0.25, -0.2) is 0 Å². The van der Waals surface area contributed by atoms with Crippen molar-refractivity contribution in [3.63, 3.8) is 0 Å². The lowest BCUT2D eigenvalue weighted by Crippen LogP contribution is -1.96. The molecule has 0 aliphatic heterocycles. The van der Waals surface area contributed by atoms with E-state index in [2.05, 4.69) is 11.8 Å². The van der Waals surface area contributed by atoms with Gasteiger partial charge in [0.1, 0.15) is 12.6 Å². The van der Waals surface area contributed by atoms with Crippen LogP contribution in [0.5, 0.6) is 11.5 Å². The summed E-state index contributed by atoms with van der Waals surface area (Å²) in [6, 6.07) is 3.16. The van der Waals surface area contributed by atoms with E-state index in [4.69, 9.17) is 9.47 Å². The summed E-state index contributed by atoms with van der Waals surface area (Å²) in [7, 11) is 2.97. The largest absolute Gasteiger partial charge is 0.493 e. The zero-order valence-electron chi connectivity index (χ0n) is 9.65. The van der Waals surface area contributed by atoms with Crippen molar-refractivity contribution in [2.24, 2.45) is 0 Å². The lowest BCUT2D eigenvalue weighted by molar-refractivity contribution is -0.107. The van der Waals surface area contributed by atoms with Crippen molar-refractivity contribution >= 4 is 12.6 Å². The molecular weight excluding hydrogens is 220 g/mol. The van der Waals surface area contributed by atoms with Crippen LogP contribution < -0.4 is 9.47 Å². The van der Waals surface area contributed by atoms with Crippen molar-refractivity contribution in [2.45, 2.75) is 6.42 Å². The molecule has 0 atom stereocenters. The van der Waals surface area contributed by atoms with E-state index >= 15 is 0 Å². The Labute approximate surface area is 99.5 Å². The van der Waals surface area contributed by atoms with Gasteiger partial charge in [-0.3, -0.25) is 4.79 Å². The van der Waals surface area contributed by atoms with Gasteiger partial charge in [-0.15, -0.1) is 0 Å². The molecule has 4 heteroatoms. The normalized spacial score (nSPS) is 8.82. The van der Waals surface area contributed by atoms with Crippen LogP contribution in [0.4, 0.5) is 0 Å². The molecule has 0 spiro atoms. The summed E-state index contributed by atoms with van der Waals surface area (Å²) in [6.45, 7) is 0. The van der Waals surface area contributed by atoms with Gasteiger partial charge in [-0.2, -0.15) is 0 Å². The molecule has 0 aliphatic carbocycles. The van der Waals surface area contributed by atoms with Gasteiger partial charge in [-0.1, -0.05) is 11.8 Å². The van der Waals surface area contributed by atoms with Gasteiger partial charge in [0.25, 0.3) is 0 Å². The number of benzene rings is 1. The Balaban J connectivity index is 3.30. The third-order valence-electron chi connectivity index (χ3n) is 2.05. The molecule has 0 saturated carbocycles. The Morgan fingerprint density at radius 2 is 2.00 bits per heavy atom. The van der Waals surface area contributed by atoms with Gasteiger partial charge in [-0.05, 0) is 12.1 Å². The van der Waals surface area contributed by atoms with E-state index in [0.717, 1.165) is 0 Å². The highest BCUT2D eigenvalue weighted by molar-refractivity contribution is 5.78. The molecule has 1 aromatic rings. The Bertz CT molecular complexity index is 480. The van der Waals surface area contributed by atoms with E-state index in [-0.39, 0.29) is 6.42 Å². The number of carbonyl (C=O) groups is 2. The lowest BCUT2D eigenvalue weighted by atomic mass is 10.1. The highest BCUT2D eigenvalue weighted by Gasteiger charge is 2.10. The van der Waals surface area contributed by atoms with E-state index in [1.807, 2.05) is 0 Å². The van der Waals surface area contributed by atoms with Crippen molar-refractivity contribution in [2.75, 3.05) is 14.2 Å². The second-order valence-corrected chi connectivity index (χ2v) is 3.09. The fraction of sp³-hybridized carbons (Fsp3) is 0.231. The molecule has 0 unspecified atom stereocenters. The monoisotopic (exact) mass is 232 g/mol. The van der Waals surface area contributed by atoms with Crippen LogP contribution in [-0.4, -0.2) is 26.8 Å². The highest BCUT2D eigenvalue weighted by atomic mass is 16.5. The quantitative estimate of drug-likeness (QED) is 0.582. The average Bonchev–Trinajstić information content (AvgIpc) is 2.37. The predicted molar refractivity (Wildman–Crippen MR) is 62.5 cm³/mol. The number of rotatable bonds is 4. The zero-order valence-corrected chi connectivity index (χ0v) is 9.65. The van der Waals surface area contributed by atoms with Crippen LogP contribution >= 0.6 is 0 Å². The van der Waals surface area contributed by atoms with Gasteiger partial charge >= 0.3 is 0 Å². The Morgan fingerprint density at radius 1 is 1.24 bits per heavy atom. The molecule has 1 aromatic carbocycles. The van der Waals surface area contributed by atoms with Crippen LogP contribution in [0.1, 0.15) is 22.3 Å². The third-order valence-corrected chi connectivity index (χ3v) is 2.05. The number of hydrogen-bond acceptors (Lipinski definition) is 4. The number of methoxy groups -OCH3 is 2. The number of ether oxygens (including phenoxy) is 2. The standard InChI is InChI=1S/C13H12O4/c1-16-12-8-10(9-15)7-11(13(12)17-2)5-3-4-6-14/h6-9H,4H2,1-2H3. The Hall–Kier alpha value is -2.28. The molecule has 1 rings (SSSR count). The van der Waals surface area contributed by atoms with Gasteiger partial charge in [0.2, 0.25) is 0 Å². The first kappa shape index (κ1) is 12.8. The van der Waals surface area contributed by atoms with Gasteiger partial charge < -0.3 is 14.3 Å². The van der Waals surface area contributed by atoms with Crippen LogP contribution in [-0.2, 0) is 4.79 Å². The number of aldehydes is 2. The molecule has 0 amide bonds. The maximum atomic E-state index is 10.8. The second-order valence-electron chi connectivity index (χ2n) is 3.09. The minimum Gasteiger partial charge on any atom is -0.493 e. The maximum absolute atomic E-state index is 10.8. The topological polar surface area (TPSA) is 52.6 Å². The highest BCUT2D eigenvalue weighted by Crippen LogP contribution is 2.31. The van der Waals surface area contributed by atoms with Crippen LogP contribution in [0, 0.1) is 11.8 Å². The summed E-state index contributed by atoms with van der Waals surface area (Å²) >= 11 is 0. The minimum absolute atomic E-state index is 0.136. The van der Waals surface area contributed by atoms with Gasteiger partial charge in [0, 0.05) is 5.56 Å². The fourth-order valence-electron chi connectivity index (χ4n) is 1.33. The van der Waals surface area contributed by atoms with E-state index in [1.54, 1.807) is 12.1 Å². The predicted octanol–water partition coefficient (Wildman–Crippen LogP) is 1.46. The molecule has 88 valence electrons. The minimum atomic E-state index is 0.136. The lowest BCUT2D eigenvalue weighted by Gasteiger charge is -2.10. The summed E-state index contributed by atoms with van der Waals surface area (Å²) in [5.74, 6) is 6.32. The first-order chi connectivity index (χ1) is 8.26. The fourth-order valence-corrected chi connectivity index (χ4v) is 1.33.